The van der Waals surface area contributed by atoms with Crippen molar-refractivity contribution in [2.45, 2.75) is 50.2 Å². The van der Waals surface area contributed by atoms with Gasteiger partial charge in [-0.15, -0.1) is 0 Å². The van der Waals surface area contributed by atoms with Crippen molar-refractivity contribution in [2.75, 3.05) is 19.0 Å². The summed E-state index contributed by atoms with van der Waals surface area (Å²) in [5.41, 5.74) is 2.42. The molecule has 0 aromatic heterocycles. The van der Waals surface area contributed by atoms with Crippen LogP contribution in [-0.4, -0.2) is 41.8 Å². The second-order valence-corrected chi connectivity index (χ2v) is 6.03. The topological polar surface area (TPSA) is 35.5 Å². The van der Waals surface area contributed by atoms with Gasteiger partial charge in [0, 0.05) is 30.4 Å². The molecule has 2 heterocycles. The maximum Gasteiger partial charge on any atom is 0.0471 e. The number of fused-ring (bicyclic) bond motifs is 2. The van der Waals surface area contributed by atoms with Crippen molar-refractivity contribution in [3.05, 3.63) is 29.8 Å². The minimum Gasteiger partial charge on any atom is -0.396 e. The molecular weight excluding hydrogens is 236 g/mol. The number of aliphatic hydroxyl groups excluding tert-OH is 1. The van der Waals surface area contributed by atoms with E-state index in [2.05, 4.69) is 41.5 Å². The van der Waals surface area contributed by atoms with E-state index in [9.17, 15) is 0 Å². The van der Waals surface area contributed by atoms with Crippen molar-refractivity contribution >= 4 is 5.69 Å². The van der Waals surface area contributed by atoms with Crippen LogP contribution in [0.25, 0.3) is 0 Å². The van der Waals surface area contributed by atoms with E-state index in [1.54, 1.807) is 0 Å². The Balaban J connectivity index is 1.59. The molecule has 0 amide bonds. The third-order valence-corrected chi connectivity index (χ3v) is 4.82. The smallest absolute Gasteiger partial charge is 0.0471 e. The molecule has 3 nitrogen and oxygen atoms in total. The van der Waals surface area contributed by atoms with Crippen LogP contribution in [0.2, 0.25) is 0 Å². The normalized spacial score (nSPS) is 30.5. The van der Waals surface area contributed by atoms with Gasteiger partial charge < -0.3 is 15.3 Å². The number of benzene rings is 1. The van der Waals surface area contributed by atoms with Gasteiger partial charge in [0.1, 0.15) is 0 Å². The van der Waals surface area contributed by atoms with Crippen LogP contribution in [0, 0.1) is 0 Å². The highest BCUT2D eigenvalue weighted by atomic mass is 16.2. The second kappa shape index (κ2) is 5.51. The zero-order valence-corrected chi connectivity index (χ0v) is 11.7. The predicted octanol–water partition coefficient (Wildman–Crippen LogP) is 2.26. The Bertz CT molecular complexity index is 403. The lowest BCUT2D eigenvalue weighted by molar-refractivity contribution is 0.169. The summed E-state index contributed by atoms with van der Waals surface area (Å²) in [6.07, 6.45) is 6.03. The van der Waals surface area contributed by atoms with Gasteiger partial charge in [0.25, 0.3) is 0 Å². The van der Waals surface area contributed by atoms with Crippen LogP contribution in [0.3, 0.4) is 0 Å². The summed E-state index contributed by atoms with van der Waals surface area (Å²) >= 11 is 0. The van der Waals surface area contributed by atoms with Crippen molar-refractivity contribution in [3.63, 3.8) is 0 Å². The Morgan fingerprint density at radius 1 is 1.16 bits per heavy atom. The molecule has 1 aromatic carbocycles. The summed E-state index contributed by atoms with van der Waals surface area (Å²) in [5.74, 6) is 0. The molecule has 19 heavy (non-hydrogen) atoms. The largest absolute Gasteiger partial charge is 0.396 e. The summed E-state index contributed by atoms with van der Waals surface area (Å²) in [6, 6.07) is 10.7. The minimum atomic E-state index is 0.227. The van der Waals surface area contributed by atoms with E-state index in [4.69, 9.17) is 5.11 Å². The van der Waals surface area contributed by atoms with Crippen LogP contribution in [0.15, 0.2) is 24.3 Å². The van der Waals surface area contributed by atoms with Crippen LogP contribution in [0.5, 0.6) is 0 Å². The van der Waals surface area contributed by atoms with Crippen molar-refractivity contribution in [1.82, 2.24) is 4.90 Å². The second-order valence-electron chi connectivity index (χ2n) is 6.03. The lowest BCUT2D eigenvalue weighted by atomic mass is 9.97. The van der Waals surface area contributed by atoms with Crippen LogP contribution in [0.1, 0.15) is 31.2 Å². The van der Waals surface area contributed by atoms with E-state index in [-0.39, 0.29) is 6.61 Å². The van der Waals surface area contributed by atoms with Crippen LogP contribution < -0.4 is 5.32 Å². The standard InChI is InChI=1S/C16H24N2O/c1-18-15-6-7-16(18)11-14(10-15)17-13-4-2-12(3-5-13)8-9-19/h2-5,14-17,19H,6-11H2,1H3. The first-order valence-corrected chi connectivity index (χ1v) is 7.44. The van der Waals surface area contributed by atoms with E-state index < -0.39 is 0 Å². The minimum absolute atomic E-state index is 0.227. The number of nitrogens with one attached hydrogen (secondary N) is 1. The third kappa shape index (κ3) is 2.77. The van der Waals surface area contributed by atoms with E-state index in [1.165, 1.54) is 36.9 Å². The SMILES string of the molecule is CN1C2CCC1CC(Nc1ccc(CCO)cc1)C2. The third-order valence-electron chi connectivity index (χ3n) is 4.82. The van der Waals surface area contributed by atoms with Gasteiger partial charge in [-0.2, -0.15) is 0 Å². The number of hydrogen-bond donors (Lipinski definition) is 2. The Morgan fingerprint density at radius 2 is 1.79 bits per heavy atom. The molecule has 2 fully saturated rings. The van der Waals surface area contributed by atoms with Crippen LogP contribution >= 0.6 is 0 Å². The highest BCUT2D eigenvalue weighted by Crippen LogP contribution is 2.35. The number of piperidine rings is 1. The summed E-state index contributed by atoms with van der Waals surface area (Å²) in [6.45, 7) is 0.227. The van der Waals surface area contributed by atoms with E-state index >= 15 is 0 Å². The highest BCUT2D eigenvalue weighted by Gasteiger charge is 2.38. The quantitative estimate of drug-likeness (QED) is 0.871. The number of hydrogen-bond acceptors (Lipinski definition) is 3. The molecule has 3 rings (SSSR count). The molecule has 2 aliphatic heterocycles. The number of aliphatic hydroxyl groups is 1. The molecule has 2 aliphatic rings. The Hall–Kier alpha value is -1.06. The molecule has 2 atom stereocenters. The fourth-order valence-corrected chi connectivity index (χ4v) is 3.66. The van der Waals surface area contributed by atoms with Gasteiger partial charge >= 0.3 is 0 Å². The molecule has 1 aromatic rings. The zero-order valence-electron chi connectivity index (χ0n) is 11.7. The molecule has 0 radical (unpaired) electrons. The zero-order chi connectivity index (χ0) is 13.2. The van der Waals surface area contributed by atoms with Crippen LogP contribution in [-0.2, 0) is 6.42 Å². The summed E-state index contributed by atoms with van der Waals surface area (Å²) in [5, 5.41) is 12.6. The van der Waals surface area contributed by atoms with Gasteiger partial charge in [0.15, 0.2) is 0 Å². The summed E-state index contributed by atoms with van der Waals surface area (Å²) in [7, 11) is 2.28. The predicted molar refractivity (Wildman–Crippen MR) is 78.4 cm³/mol. The maximum absolute atomic E-state index is 8.92. The first-order chi connectivity index (χ1) is 9.26. The monoisotopic (exact) mass is 260 g/mol. The molecular formula is C16H24N2O. The van der Waals surface area contributed by atoms with E-state index in [0.717, 1.165) is 18.5 Å². The van der Waals surface area contributed by atoms with Gasteiger partial charge in [0.05, 0.1) is 0 Å². The molecule has 2 saturated heterocycles. The molecule has 0 saturated carbocycles. The number of rotatable bonds is 4. The van der Waals surface area contributed by atoms with Crippen molar-refractivity contribution < 1.29 is 5.11 Å². The van der Waals surface area contributed by atoms with Gasteiger partial charge in [-0.25, -0.2) is 0 Å². The lowest BCUT2D eigenvalue weighted by Crippen LogP contribution is -2.44. The fourth-order valence-electron chi connectivity index (χ4n) is 3.66. The molecule has 3 heteroatoms. The van der Waals surface area contributed by atoms with E-state index in [0.29, 0.717) is 6.04 Å². The molecule has 2 N–H and O–H groups in total. The maximum atomic E-state index is 8.92. The highest BCUT2D eigenvalue weighted by molar-refractivity contribution is 5.45. The van der Waals surface area contributed by atoms with Crippen molar-refractivity contribution in [1.29, 1.82) is 0 Å². The first-order valence-electron chi connectivity index (χ1n) is 7.44. The summed E-state index contributed by atoms with van der Waals surface area (Å²) < 4.78 is 0. The van der Waals surface area contributed by atoms with Crippen molar-refractivity contribution in [2.24, 2.45) is 0 Å². The van der Waals surface area contributed by atoms with Crippen LogP contribution in [0.4, 0.5) is 5.69 Å². The Labute approximate surface area is 115 Å². The Kier molecular flexibility index (Phi) is 3.76. The molecule has 2 bridgehead atoms. The molecule has 2 unspecified atom stereocenters. The number of nitrogens with zero attached hydrogens (tertiary/aromatic N) is 1. The molecule has 0 aliphatic carbocycles. The number of anilines is 1. The molecule has 0 spiro atoms. The Morgan fingerprint density at radius 3 is 2.37 bits per heavy atom. The van der Waals surface area contributed by atoms with Gasteiger partial charge in [0.2, 0.25) is 0 Å². The lowest BCUT2D eigenvalue weighted by Gasteiger charge is -2.37. The fraction of sp³-hybridized carbons (Fsp3) is 0.625. The van der Waals surface area contributed by atoms with Crippen molar-refractivity contribution in [3.8, 4) is 0 Å². The van der Waals surface area contributed by atoms with Gasteiger partial charge in [-0.05, 0) is 56.8 Å². The average Bonchev–Trinajstić information content (AvgIpc) is 2.64. The first kappa shape index (κ1) is 12.9. The molecule has 104 valence electrons. The van der Waals surface area contributed by atoms with Gasteiger partial charge in [-0.3, -0.25) is 0 Å². The van der Waals surface area contributed by atoms with Gasteiger partial charge in [-0.1, -0.05) is 12.1 Å². The van der Waals surface area contributed by atoms with E-state index in [1.807, 2.05) is 0 Å². The average molecular weight is 260 g/mol. The summed E-state index contributed by atoms with van der Waals surface area (Å²) in [4.78, 5) is 2.57.